The minimum atomic E-state index is -3.85. The first-order valence-electron chi connectivity index (χ1n) is 9.54. The molecule has 1 atom stereocenters. The van der Waals surface area contributed by atoms with Crippen LogP contribution < -0.4 is 0 Å². The summed E-state index contributed by atoms with van der Waals surface area (Å²) in [7, 11) is -2.57. The van der Waals surface area contributed by atoms with Gasteiger partial charge < -0.3 is 9.30 Å². The molecule has 0 fully saturated rings. The van der Waals surface area contributed by atoms with Crippen molar-refractivity contribution in [2.45, 2.75) is 30.2 Å². The molecule has 4 rings (SSSR count). The molecule has 9 heteroatoms. The number of ether oxygens (including phenoxy) is 1. The number of ketones is 1. The summed E-state index contributed by atoms with van der Waals surface area (Å²) in [5.41, 5.74) is 1.33. The third-order valence-corrected chi connectivity index (χ3v) is 6.97. The summed E-state index contributed by atoms with van der Waals surface area (Å²) in [4.78, 5) is 25.3. The van der Waals surface area contributed by atoms with Gasteiger partial charge in [0.05, 0.1) is 29.5 Å². The first kappa shape index (κ1) is 21.5. The molecule has 0 bridgehead atoms. The molecule has 1 aliphatic heterocycles. The number of hydrogen-bond donors (Lipinski definition) is 0. The molecule has 0 saturated carbocycles. The van der Waals surface area contributed by atoms with Crippen LogP contribution in [0.3, 0.4) is 0 Å². The first-order valence-corrected chi connectivity index (χ1v) is 11.8. The van der Waals surface area contributed by atoms with E-state index in [9.17, 15) is 22.4 Å². The van der Waals surface area contributed by atoms with Crippen molar-refractivity contribution in [1.29, 1.82) is 0 Å². The van der Waals surface area contributed by atoms with E-state index in [4.69, 9.17) is 16.3 Å². The van der Waals surface area contributed by atoms with E-state index < -0.39 is 27.4 Å². The maximum atomic E-state index is 14.4. The van der Waals surface area contributed by atoms with Crippen molar-refractivity contribution in [2.24, 2.45) is 0 Å². The Morgan fingerprint density at radius 1 is 1.23 bits per heavy atom. The van der Waals surface area contributed by atoms with Gasteiger partial charge in [-0.1, -0.05) is 11.6 Å². The predicted molar refractivity (Wildman–Crippen MR) is 114 cm³/mol. The Kier molecular flexibility index (Phi) is 5.39. The highest BCUT2D eigenvalue weighted by atomic mass is 35.5. The highest BCUT2D eigenvalue weighted by Gasteiger charge is 2.36. The average molecular weight is 464 g/mol. The van der Waals surface area contributed by atoms with Crippen LogP contribution in [-0.2, 0) is 25.9 Å². The second-order valence-corrected chi connectivity index (χ2v) is 10.0. The Labute approximate surface area is 183 Å². The van der Waals surface area contributed by atoms with Crippen molar-refractivity contribution in [3.05, 3.63) is 64.1 Å². The van der Waals surface area contributed by atoms with E-state index in [2.05, 4.69) is 0 Å². The van der Waals surface area contributed by atoms with Crippen molar-refractivity contribution in [1.82, 2.24) is 4.57 Å². The first-order chi connectivity index (χ1) is 14.6. The number of carbonyl (C=O) groups is 2. The van der Waals surface area contributed by atoms with Gasteiger partial charge in [0.1, 0.15) is 5.82 Å². The summed E-state index contributed by atoms with van der Waals surface area (Å²) in [6, 6.07) is 8.39. The van der Waals surface area contributed by atoms with Crippen molar-refractivity contribution < 1.29 is 27.1 Å². The summed E-state index contributed by atoms with van der Waals surface area (Å²) in [6.45, 7) is 0.425. The standard InChI is InChI=1S/C22H19ClFNO5S/c1-30-18(26)9-13-7-8-25-16-10-15(24)11-17(31(2,28)29)19(16)20(21(13)25)22(27)12-3-5-14(23)6-4-12/h3-6,10-11,13H,7-9H2,1-2H3. The molecule has 0 saturated heterocycles. The fourth-order valence-corrected chi connectivity index (χ4v) is 5.29. The van der Waals surface area contributed by atoms with Gasteiger partial charge in [0.25, 0.3) is 0 Å². The van der Waals surface area contributed by atoms with Crippen LogP contribution in [0.1, 0.15) is 40.4 Å². The Morgan fingerprint density at radius 2 is 1.90 bits per heavy atom. The van der Waals surface area contributed by atoms with Crippen LogP contribution in [0.5, 0.6) is 0 Å². The van der Waals surface area contributed by atoms with Crippen molar-refractivity contribution in [3.8, 4) is 0 Å². The van der Waals surface area contributed by atoms with Crippen LogP contribution in [-0.4, -0.2) is 38.1 Å². The minimum Gasteiger partial charge on any atom is -0.469 e. The number of hydrogen-bond acceptors (Lipinski definition) is 5. The minimum absolute atomic E-state index is 0.0322. The van der Waals surface area contributed by atoms with E-state index in [1.54, 1.807) is 28.8 Å². The number of aromatic nitrogens is 1. The summed E-state index contributed by atoms with van der Waals surface area (Å²) in [5, 5.41) is 0.624. The largest absolute Gasteiger partial charge is 0.469 e. The molecule has 1 aliphatic rings. The number of fused-ring (bicyclic) bond motifs is 3. The fraction of sp³-hybridized carbons (Fsp3) is 0.273. The SMILES string of the molecule is COC(=O)CC1CCn2c1c(C(=O)c1ccc(Cl)cc1)c1c(S(C)(=O)=O)cc(F)cc12. The summed E-state index contributed by atoms with van der Waals surface area (Å²) >= 11 is 5.94. The molecule has 162 valence electrons. The number of aryl methyl sites for hydroxylation is 1. The zero-order valence-corrected chi connectivity index (χ0v) is 18.4. The number of esters is 1. The number of methoxy groups -OCH3 is 1. The van der Waals surface area contributed by atoms with Crippen LogP contribution in [0.4, 0.5) is 4.39 Å². The second kappa shape index (κ2) is 7.76. The van der Waals surface area contributed by atoms with Crippen molar-refractivity contribution in [3.63, 3.8) is 0 Å². The van der Waals surface area contributed by atoms with E-state index in [0.29, 0.717) is 34.8 Å². The third-order valence-electron chi connectivity index (χ3n) is 5.60. The number of sulfone groups is 1. The molecule has 6 nitrogen and oxygen atoms in total. The fourth-order valence-electron chi connectivity index (χ4n) is 4.26. The number of rotatable bonds is 5. The highest BCUT2D eigenvalue weighted by molar-refractivity contribution is 7.91. The molecule has 1 unspecified atom stereocenters. The summed E-state index contributed by atoms with van der Waals surface area (Å²) < 4.78 is 45.9. The Balaban J connectivity index is 2.06. The quantitative estimate of drug-likeness (QED) is 0.420. The van der Waals surface area contributed by atoms with Crippen molar-refractivity contribution >= 4 is 44.1 Å². The van der Waals surface area contributed by atoms with Crippen molar-refractivity contribution in [2.75, 3.05) is 13.4 Å². The smallest absolute Gasteiger partial charge is 0.306 e. The molecule has 31 heavy (non-hydrogen) atoms. The van der Waals surface area contributed by atoms with Crippen LogP contribution in [0.25, 0.3) is 10.9 Å². The van der Waals surface area contributed by atoms with E-state index in [1.165, 1.54) is 13.2 Å². The second-order valence-electron chi connectivity index (χ2n) is 7.58. The maximum Gasteiger partial charge on any atom is 0.306 e. The molecular weight excluding hydrogens is 445 g/mol. The number of benzene rings is 2. The monoisotopic (exact) mass is 463 g/mol. The van der Waals surface area contributed by atoms with E-state index in [0.717, 1.165) is 12.3 Å². The van der Waals surface area contributed by atoms with Gasteiger partial charge in [-0.3, -0.25) is 9.59 Å². The molecule has 0 aliphatic carbocycles. The maximum absolute atomic E-state index is 14.4. The molecule has 2 aromatic carbocycles. The van der Waals surface area contributed by atoms with Gasteiger partial charge in [-0.2, -0.15) is 0 Å². The summed E-state index contributed by atoms with van der Waals surface area (Å²) in [6.07, 6.45) is 1.56. The number of halogens is 2. The van der Waals surface area contributed by atoms with Gasteiger partial charge >= 0.3 is 5.97 Å². The summed E-state index contributed by atoms with van der Waals surface area (Å²) in [5.74, 6) is -1.93. The zero-order chi connectivity index (χ0) is 22.5. The molecule has 0 amide bonds. The van der Waals surface area contributed by atoms with Crippen LogP contribution in [0.15, 0.2) is 41.3 Å². The van der Waals surface area contributed by atoms with Crippen LogP contribution in [0, 0.1) is 5.82 Å². The van der Waals surface area contributed by atoms with Gasteiger partial charge in [0.15, 0.2) is 15.6 Å². The number of carbonyl (C=O) groups excluding carboxylic acids is 2. The topological polar surface area (TPSA) is 82.4 Å². The predicted octanol–water partition coefficient (Wildman–Crippen LogP) is 4.12. The lowest BCUT2D eigenvalue weighted by atomic mass is 9.92. The molecule has 2 heterocycles. The molecule has 0 N–H and O–H groups in total. The number of nitrogens with zero attached hydrogens (tertiary/aromatic N) is 1. The Morgan fingerprint density at radius 3 is 2.52 bits per heavy atom. The Bertz CT molecular complexity index is 1330. The zero-order valence-electron chi connectivity index (χ0n) is 16.8. The molecule has 1 aromatic heterocycles. The van der Waals surface area contributed by atoms with E-state index >= 15 is 0 Å². The Hall–Kier alpha value is -2.71. The van der Waals surface area contributed by atoms with Crippen LogP contribution in [0.2, 0.25) is 5.02 Å². The van der Waals surface area contributed by atoms with Gasteiger partial charge in [-0.05, 0) is 42.8 Å². The van der Waals surface area contributed by atoms with E-state index in [-0.39, 0.29) is 28.2 Å². The van der Waals surface area contributed by atoms with E-state index in [1.807, 2.05) is 0 Å². The lowest BCUT2D eigenvalue weighted by Gasteiger charge is -2.12. The molecular formula is C22H19ClFNO5S. The van der Waals surface area contributed by atoms with Gasteiger partial charge in [-0.15, -0.1) is 0 Å². The normalized spacial score (nSPS) is 15.8. The lowest BCUT2D eigenvalue weighted by molar-refractivity contribution is -0.141. The van der Waals surface area contributed by atoms with Crippen LogP contribution >= 0.6 is 11.6 Å². The lowest BCUT2D eigenvalue weighted by Crippen LogP contribution is -2.11. The molecule has 0 radical (unpaired) electrons. The molecule has 3 aromatic rings. The third kappa shape index (κ3) is 3.74. The van der Waals surface area contributed by atoms with Gasteiger partial charge in [0.2, 0.25) is 0 Å². The molecule has 0 spiro atoms. The van der Waals surface area contributed by atoms with Gasteiger partial charge in [-0.25, -0.2) is 12.8 Å². The highest BCUT2D eigenvalue weighted by Crippen LogP contribution is 2.43. The van der Waals surface area contributed by atoms with Gasteiger partial charge in [0, 0.05) is 40.4 Å². The average Bonchev–Trinajstić information content (AvgIpc) is 3.25.